The molecule has 15 heavy (non-hydrogen) atoms. The Morgan fingerprint density at radius 2 is 2.53 bits per heavy atom. The van der Waals surface area contributed by atoms with Crippen molar-refractivity contribution in [1.29, 1.82) is 0 Å². The van der Waals surface area contributed by atoms with E-state index in [2.05, 4.69) is 24.5 Å². The third-order valence-electron chi connectivity index (χ3n) is 2.32. The van der Waals surface area contributed by atoms with E-state index in [4.69, 9.17) is 0 Å². The van der Waals surface area contributed by atoms with Gasteiger partial charge in [-0.2, -0.15) is 11.8 Å². The molecule has 0 aliphatic carbocycles. The molecule has 1 heterocycles. The van der Waals surface area contributed by atoms with Gasteiger partial charge >= 0.3 is 0 Å². The summed E-state index contributed by atoms with van der Waals surface area (Å²) >= 11 is 3.71. The zero-order valence-electron chi connectivity index (χ0n) is 9.41. The van der Waals surface area contributed by atoms with Crippen molar-refractivity contribution < 1.29 is 4.79 Å². The smallest absolute Gasteiger partial charge is 0.238 e. The van der Waals surface area contributed by atoms with Crippen LogP contribution in [-0.4, -0.2) is 41.1 Å². The lowest BCUT2D eigenvalue weighted by Crippen LogP contribution is -2.45. The third-order valence-corrected chi connectivity index (χ3v) is 4.19. The van der Waals surface area contributed by atoms with Crippen LogP contribution in [-0.2, 0) is 4.79 Å². The SMILES string of the molecule is CCSCCC(C)NC(=O)C1CSCN1. The van der Waals surface area contributed by atoms with Crippen molar-refractivity contribution in [1.82, 2.24) is 10.6 Å². The maximum atomic E-state index is 11.7. The molecule has 1 fully saturated rings. The van der Waals surface area contributed by atoms with Gasteiger partial charge < -0.3 is 5.32 Å². The van der Waals surface area contributed by atoms with Gasteiger partial charge in [0.2, 0.25) is 5.91 Å². The minimum atomic E-state index is 0.0243. The van der Waals surface area contributed by atoms with Gasteiger partial charge in [-0.3, -0.25) is 10.1 Å². The fourth-order valence-electron chi connectivity index (χ4n) is 1.38. The molecule has 1 aliphatic heterocycles. The summed E-state index contributed by atoms with van der Waals surface area (Å²) < 4.78 is 0. The number of rotatable bonds is 6. The Balaban J connectivity index is 2.13. The van der Waals surface area contributed by atoms with Crippen LogP contribution in [0.5, 0.6) is 0 Å². The van der Waals surface area contributed by atoms with Crippen LogP contribution in [0.3, 0.4) is 0 Å². The first kappa shape index (κ1) is 13.2. The molecule has 0 spiro atoms. The lowest BCUT2D eigenvalue weighted by atomic mass is 10.2. The highest BCUT2D eigenvalue weighted by atomic mass is 32.2. The van der Waals surface area contributed by atoms with Crippen molar-refractivity contribution in [2.24, 2.45) is 0 Å². The highest BCUT2D eigenvalue weighted by Crippen LogP contribution is 2.10. The lowest BCUT2D eigenvalue weighted by Gasteiger charge is -2.16. The maximum Gasteiger partial charge on any atom is 0.238 e. The first-order valence-electron chi connectivity index (χ1n) is 5.43. The van der Waals surface area contributed by atoms with Crippen molar-refractivity contribution in [3.63, 3.8) is 0 Å². The molecule has 0 bridgehead atoms. The number of carbonyl (C=O) groups excluding carboxylic acids is 1. The number of hydrogen-bond acceptors (Lipinski definition) is 4. The van der Waals surface area contributed by atoms with E-state index in [9.17, 15) is 4.79 Å². The Morgan fingerprint density at radius 1 is 1.73 bits per heavy atom. The summed E-state index contributed by atoms with van der Waals surface area (Å²) in [6.07, 6.45) is 1.06. The van der Waals surface area contributed by atoms with Crippen molar-refractivity contribution >= 4 is 29.4 Å². The number of hydrogen-bond donors (Lipinski definition) is 2. The fraction of sp³-hybridized carbons (Fsp3) is 0.900. The molecule has 1 saturated heterocycles. The predicted octanol–water partition coefficient (Wildman–Crippen LogP) is 1.30. The Bertz CT molecular complexity index is 196. The summed E-state index contributed by atoms with van der Waals surface area (Å²) in [7, 11) is 0. The van der Waals surface area contributed by atoms with Crippen LogP contribution in [0.1, 0.15) is 20.3 Å². The molecular weight excluding hydrogens is 228 g/mol. The molecule has 2 N–H and O–H groups in total. The molecule has 1 amide bonds. The summed E-state index contributed by atoms with van der Waals surface area (Å²) in [6, 6.07) is 0.320. The molecule has 0 radical (unpaired) electrons. The van der Waals surface area contributed by atoms with E-state index in [1.165, 1.54) is 0 Å². The Hall–Kier alpha value is 0.130. The van der Waals surface area contributed by atoms with E-state index in [0.29, 0.717) is 6.04 Å². The van der Waals surface area contributed by atoms with E-state index >= 15 is 0 Å². The van der Waals surface area contributed by atoms with Gasteiger partial charge in [0.15, 0.2) is 0 Å². The first-order valence-corrected chi connectivity index (χ1v) is 7.74. The minimum Gasteiger partial charge on any atom is -0.352 e. The Morgan fingerprint density at radius 3 is 3.13 bits per heavy atom. The summed E-state index contributed by atoms with van der Waals surface area (Å²) in [5, 5.41) is 6.23. The number of amides is 1. The Kier molecular flexibility index (Phi) is 6.52. The highest BCUT2D eigenvalue weighted by Gasteiger charge is 2.23. The van der Waals surface area contributed by atoms with Crippen molar-refractivity contribution in [2.75, 3.05) is 23.1 Å². The average Bonchev–Trinajstić information content (AvgIpc) is 2.70. The molecule has 5 heteroatoms. The molecule has 1 rings (SSSR count). The van der Waals surface area contributed by atoms with Crippen molar-refractivity contribution in [3.8, 4) is 0 Å². The normalized spacial score (nSPS) is 22.7. The van der Waals surface area contributed by atoms with E-state index in [0.717, 1.165) is 29.6 Å². The molecule has 1 aliphatic rings. The zero-order chi connectivity index (χ0) is 11.1. The van der Waals surface area contributed by atoms with E-state index in [-0.39, 0.29) is 11.9 Å². The van der Waals surface area contributed by atoms with Gasteiger partial charge in [0.25, 0.3) is 0 Å². The molecule has 0 aromatic heterocycles. The van der Waals surface area contributed by atoms with Crippen LogP contribution < -0.4 is 10.6 Å². The minimum absolute atomic E-state index is 0.0243. The van der Waals surface area contributed by atoms with E-state index in [1.807, 2.05) is 11.8 Å². The van der Waals surface area contributed by atoms with Crippen LogP contribution in [0.15, 0.2) is 0 Å². The predicted molar refractivity (Wildman–Crippen MR) is 69.5 cm³/mol. The molecule has 0 aromatic rings. The second kappa shape index (κ2) is 7.41. The van der Waals surface area contributed by atoms with Crippen LogP contribution >= 0.6 is 23.5 Å². The maximum absolute atomic E-state index is 11.7. The Labute approximate surface area is 101 Å². The zero-order valence-corrected chi connectivity index (χ0v) is 11.0. The molecule has 2 unspecified atom stereocenters. The van der Waals surface area contributed by atoms with Gasteiger partial charge in [0.1, 0.15) is 0 Å². The summed E-state index contributed by atoms with van der Waals surface area (Å²) in [4.78, 5) is 11.7. The highest BCUT2D eigenvalue weighted by molar-refractivity contribution is 7.99. The van der Waals surface area contributed by atoms with Crippen LogP contribution in [0, 0.1) is 0 Å². The standard InChI is InChI=1S/C10H20N2OS2/c1-3-14-5-4-8(2)12-10(13)9-6-15-7-11-9/h8-9,11H,3-7H2,1-2H3,(H,12,13). The average molecular weight is 248 g/mol. The molecule has 0 saturated carbocycles. The van der Waals surface area contributed by atoms with E-state index in [1.54, 1.807) is 11.8 Å². The topological polar surface area (TPSA) is 41.1 Å². The van der Waals surface area contributed by atoms with Gasteiger partial charge in [-0.1, -0.05) is 6.92 Å². The van der Waals surface area contributed by atoms with Crippen molar-refractivity contribution in [2.45, 2.75) is 32.4 Å². The summed E-state index contributed by atoms with van der Waals surface area (Å²) in [5.41, 5.74) is 0. The number of thioether (sulfide) groups is 2. The molecule has 2 atom stereocenters. The third kappa shape index (κ3) is 5.13. The summed E-state index contributed by atoms with van der Waals surface area (Å²) in [6.45, 7) is 4.24. The molecule has 3 nitrogen and oxygen atoms in total. The molecular formula is C10H20N2OS2. The quantitative estimate of drug-likeness (QED) is 0.695. The van der Waals surface area contributed by atoms with Gasteiger partial charge in [0.05, 0.1) is 6.04 Å². The monoisotopic (exact) mass is 248 g/mol. The molecule has 0 aromatic carbocycles. The number of nitrogens with one attached hydrogen (secondary N) is 2. The fourth-order valence-corrected chi connectivity index (χ4v) is 3.13. The second-order valence-corrected chi connectivity index (χ2v) is 6.09. The number of carbonyl (C=O) groups is 1. The lowest BCUT2D eigenvalue weighted by molar-refractivity contribution is -0.123. The first-order chi connectivity index (χ1) is 7.24. The second-order valence-electron chi connectivity index (χ2n) is 3.67. The van der Waals surface area contributed by atoms with Gasteiger partial charge in [-0.25, -0.2) is 0 Å². The molecule has 88 valence electrons. The van der Waals surface area contributed by atoms with Crippen molar-refractivity contribution in [3.05, 3.63) is 0 Å². The van der Waals surface area contributed by atoms with Gasteiger partial charge in [-0.05, 0) is 24.9 Å². The van der Waals surface area contributed by atoms with Crippen LogP contribution in [0.25, 0.3) is 0 Å². The van der Waals surface area contributed by atoms with Crippen LogP contribution in [0.4, 0.5) is 0 Å². The largest absolute Gasteiger partial charge is 0.352 e. The summed E-state index contributed by atoms with van der Waals surface area (Å²) in [5.74, 6) is 4.25. The van der Waals surface area contributed by atoms with Gasteiger partial charge in [-0.15, -0.1) is 11.8 Å². The van der Waals surface area contributed by atoms with Crippen LogP contribution in [0.2, 0.25) is 0 Å². The van der Waals surface area contributed by atoms with Gasteiger partial charge in [0, 0.05) is 17.7 Å². The van der Waals surface area contributed by atoms with E-state index < -0.39 is 0 Å².